The molecule has 0 atom stereocenters. The van der Waals surface area contributed by atoms with Crippen LogP contribution >= 0.6 is 0 Å². The second kappa shape index (κ2) is 9.43. The molecule has 31 heavy (non-hydrogen) atoms. The molecule has 162 valence electrons. The third-order valence-electron chi connectivity index (χ3n) is 6.18. The minimum absolute atomic E-state index is 0.0247. The Morgan fingerprint density at radius 3 is 2.45 bits per heavy atom. The van der Waals surface area contributed by atoms with E-state index in [-0.39, 0.29) is 23.5 Å². The van der Waals surface area contributed by atoms with Crippen LogP contribution in [0.1, 0.15) is 41.6 Å². The van der Waals surface area contributed by atoms with Gasteiger partial charge in [0.25, 0.3) is 0 Å². The first-order chi connectivity index (χ1) is 15.0. The van der Waals surface area contributed by atoms with E-state index in [4.69, 9.17) is 0 Å². The second-order valence-corrected chi connectivity index (χ2v) is 8.53. The average molecular weight is 420 g/mol. The van der Waals surface area contributed by atoms with Crippen molar-refractivity contribution in [2.24, 2.45) is 5.92 Å². The summed E-state index contributed by atoms with van der Waals surface area (Å²) in [4.78, 5) is 41.1. The Kier molecular flexibility index (Phi) is 6.47. The van der Waals surface area contributed by atoms with Gasteiger partial charge in [-0.15, -0.1) is 0 Å². The highest BCUT2D eigenvalue weighted by molar-refractivity contribution is 5.98. The first-order valence-electron chi connectivity index (χ1n) is 11.0. The molecule has 2 aliphatic rings. The number of carbonyl (C=O) groups excluding carboxylic acids is 3. The summed E-state index contributed by atoms with van der Waals surface area (Å²) in [6.07, 6.45) is 3.00. The third-order valence-corrected chi connectivity index (χ3v) is 6.18. The number of hydrogen-bond donors (Lipinski definition) is 1. The summed E-state index contributed by atoms with van der Waals surface area (Å²) in [5.74, 6) is 0.286. The number of ketones is 1. The van der Waals surface area contributed by atoms with Crippen LogP contribution in [0.2, 0.25) is 0 Å². The lowest BCUT2D eigenvalue weighted by atomic mass is 9.88. The van der Waals surface area contributed by atoms with E-state index in [2.05, 4.69) is 10.2 Å². The Labute approximate surface area is 183 Å². The summed E-state index contributed by atoms with van der Waals surface area (Å²) >= 11 is 0. The van der Waals surface area contributed by atoms with Crippen molar-refractivity contribution in [3.63, 3.8) is 0 Å². The number of amides is 2. The van der Waals surface area contributed by atoms with E-state index in [0.717, 1.165) is 55.7 Å². The van der Waals surface area contributed by atoms with E-state index in [1.54, 1.807) is 4.90 Å². The summed E-state index contributed by atoms with van der Waals surface area (Å²) in [7, 11) is 0. The molecule has 6 heteroatoms. The van der Waals surface area contributed by atoms with Crippen LogP contribution in [0.15, 0.2) is 48.5 Å². The highest BCUT2D eigenvalue weighted by Crippen LogP contribution is 2.25. The Bertz CT molecular complexity index is 962. The van der Waals surface area contributed by atoms with Crippen molar-refractivity contribution in [1.82, 2.24) is 4.90 Å². The number of likely N-dealkylation sites (tertiary alicyclic amines) is 1. The molecule has 2 fully saturated rings. The fourth-order valence-electron chi connectivity index (χ4n) is 4.38. The SMILES string of the molecule is Cc1ccc(C(=O)C2CCN(CC(=O)Nc3cccc(N4CCCC4=O)c3)CC2)cc1. The summed E-state index contributed by atoms with van der Waals surface area (Å²) in [6, 6.07) is 15.2. The van der Waals surface area contributed by atoms with Crippen LogP contribution in [0.25, 0.3) is 0 Å². The zero-order chi connectivity index (χ0) is 21.8. The van der Waals surface area contributed by atoms with Gasteiger partial charge < -0.3 is 10.2 Å². The molecule has 2 aromatic carbocycles. The van der Waals surface area contributed by atoms with E-state index in [1.807, 2.05) is 55.5 Å². The Hall–Kier alpha value is -2.99. The maximum Gasteiger partial charge on any atom is 0.238 e. The van der Waals surface area contributed by atoms with Gasteiger partial charge in [-0.3, -0.25) is 19.3 Å². The van der Waals surface area contributed by atoms with Crippen LogP contribution in [0.5, 0.6) is 0 Å². The van der Waals surface area contributed by atoms with E-state index in [1.165, 1.54) is 0 Å². The van der Waals surface area contributed by atoms with Crippen LogP contribution < -0.4 is 10.2 Å². The van der Waals surface area contributed by atoms with Gasteiger partial charge in [-0.1, -0.05) is 35.9 Å². The molecule has 2 aromatic rings. The number of benzene rings is 2. The van der Waals surface area contributed by atoms with Crippen molar-refractivity contribution in [1.29, 1.82) is 0 Å². The quantitative estimate of drug-likeness (QED) is 0.726. The summed E-state index contributed by atoms with van der Waals surface area (Å²) in [5, 5.41) is 2.95. The maximum absolute atomic E-state index is 12.7. The molecule has 2 heterocycles. The molecule has 1 N–H and O–H groups in total. The van der Waals surface area contributed by atoms with Gasteiger partial charge in [0.15, 0.2) is 5.78 Å². The Balaban J connectivity index is 1.27. The largest absolute Gasteiger partial charge is 0.325 e. The highest BCUT2D eigenvalue weighted by atomic mass is 16.2. The molecule has 6 nitrogen and oxygen atoms in total. The van der Waals surface area contributed by atoms with Crippen molar-refractivity contribution in [3.8, 4) is 0 Å². The molecule has 2 amide bonds. The number of Topliss-reactive ketones (excluding diaryl/α,β-unsaturated/α-hetero) is 1. The van der Waals surface area contributed by atoms with E-state index < -0.39 is 0 Å². The summed E-state index contributed by atoms with van der Waals surface area (Å²) in [5.41, 5.74) is 3.45. The zero-order valence-corrected chi connectivity index (χ0v) is 18.0. The molecule has 0 radical (unpaired) electrons. The van der Waals surface area contributed by atoms with Gasteiger partial charge in [0, 0.05) is 35.8 Å². The molecular formula is C25H29N3O3. The maximum atomic E-state index is 12.7. The van der Waals surface area contributed by atoms with Gasteiger partial charge in [0.1, 0.15) is 0 Å². The summed E-state index contributed by atoms with van der Waals surface area (Å²) < 4.78 is 0. The number of carbonyl (C=O) groups is 3. The van der Waals surface area contributed by atoms with E-state index in [9.17, 15) is 14.4 Å². The predicted molar refractivity (Wildman–Crippen MR) is 121 cm³/mol. The number of nitrogens with one attached hydrogen (secondary N) is 1. The van der Waals surface area contributed by atoms with Crippen molar-refractivity contribution < 1.29 is 14.4 Å². The molecule has 2 saturated heterocycles. The van der Waals surface area contributed by atoms with Gasteiger partial charge in [-0.25, -0.2) is 0 Å². The van der Waals surface area contributed by atoms with Crippen molar-refractivity contribution >= 4 is 29.0 Å². The van der Waals surface area contributed by atoms with Gasteiger partial charge in [-0.05, 0) is 57.5 Å². The smallest absolute Gasteiger partial charge is 0.238 e. The topological polar surface area (TPSA) is 69.7 Å². The third kappa shape index (κ3) is 5.20. The number of aryl methyl sites for hydroxylation is 1. The molecule has 0 unspecified atom stereocenters. The van der Waals surface area contributed by atoms with Crippen LogP contribution in [0.4, 0.5) is 11.4 Å². The van der Waals surface area contributed by atoms with Crippen molar-refractivity contribution in [2.75, 3.05) is 36.4 Å². The van der Waals surface area contributed by atoms with E-state index >= 15 is 0 Å². The normalized spacial score (nSPS) is 17.7. The Morgan fingerprint density at radius 1 is 1.03 bits per heavy atom. The Morgan fingerprint density at radius 2 is 1.77 bits per heavy atom. The fourth-order valence-corrected chi connectivity index (χ4v) is 4.38. The lowest BCUT2D eigenvalue weighted by Crippen LogP contribution is -2.40. The lowest BCUT2D eigenvalue weighted by molar-refractivity contribution is -0.118. The molecule has 4 rings (SSSR count). The van der Waals surface area contributed by atoms with Gasteiger partial charge in [-0.2, -0.15) is 0 Å². The second-order valence-electron chi connectivity index (χ2n) is 8.53. The lowest BCUT2D eigenvalue weighted by Gasteiger charge is -2.30. The molecular weight excluding hydrogens is 390 g/mol. The number of hydrogen-bond acceptors (Lipinski definition) is 4. The molecule has 0 saturated carbocycles. The van der Waals surface area contributed by atoms with Crippen LogP contribution in [0, 0.1) is 12.8 Å². The first kappa shape index (κ1) is 21.2. The van der Waals surface area contributed by atoms with Crippen LogP contribution in [-0.4, -0.2) is 48.7 Å². The monoisotopic (exact) mass is 419 g/mol. The fraction of sp³-hybridized carbons (Fsp3) is 0.400. The molecule has 0 aliphatic carbocycles. The zero-order valence-electron chi connectivity index (χ0n) is 18.0. The standard InChI is InChI=1S/C25H29N3O3/c1-18-7-9-19(10-8-18)25(31)20-11-14-27(15-12-20)17-23(29)26-21-4-2-5-22(16-21)28-13-3-6-24(28)30/h2,4-5,7-10,16,20H,3,6,11-15,17H2,1H3,(H,26,29). The van der Waals surface area contributed by atoms with Gasteiger partial charge in [0.05, 0.1) is 6.54 Å². The van der Waals surface area contributed by atoms with E-state index in [0.29, 0.717) is 18.7 Å². The summed E-state index contributed by atoms with van der Waals surface area (Å²) in [6.45, 7) is 4.51. The van der Waals surface area contributed by atoms with Crippen molar-refractivity contribution in [3.05, 3.63) is 59.7 Å². The average Bonchev–Trinajstić information content (AvgIpc) is 3.20. The minimum atomic E-state index is -0.0757. The molecule has 0 spiro atoms. The van der Waals surface area contributed by atoms with Gasteiger partial charge in [0.2, 0.25) is 11.8 Å². The first-order valence-corrected chi connectivity index (χ1v) is 11.0. The molecule has 0 bridgehead atoms. The number of rotatable bonds is 6. The highest BCUT2D eigenvalue weighted by Gasteiger charge is 2.27. The van der Waals surface area contributed by atoms with Crippen molar-refractivity contribution in [2.45, 2.75) is 32.6 Å². The predicted octanol–water partition coefficient (Wildman–Crippen LogP) is 3.66. The number of piperidine rings is 1. The molecule has 0 aromatic heterocycles. The number of anilines is 2. The van der Waals surface area contributed by atoms with Gasteiger partial charge >= 0.3 is 0 Å². The number of nitrogens with zero attached hydrogens (tertiary/aromatic N) is 2. The van der Waals surface area contributed by atoms with Crippen LogP contribution in [-0.2, 0) is 9.59 Å². The van der Waals surface area contributed by atoms with Crippen LogP contribution in [0.3, 0.4) is 0 Å². The molecule has 2 aliphatic heterocycles. The minimum Gasteiger partial charge on any atom is -0.325 e.